The van der Waals surface area contributed by atoms with E-state index in [1.54, 1.807) is 7.11 Å². The van der Waals surface area contributed by atoms with Crippen LogP contribution in [0.5, 0.6) is 0 Å². The third-order valence-corrected chi connectivity index (χ3v) is 4.19. The van der Waals surface area contributed by atoms with Crippen LogP contribution in [0.2, 0.25) is 0 Å². The van der Waals surface area contributed by atoms with E-state index >= 15 is 0 Å². The van der Waals surface area contributed by atoms with Gasteiger partial charge in [0.25, 0.3) is 0 Å². The van der Waals surface area contributed by atoms with Gasteiger partial charge in [-0.15, -0.1) is 0 Å². The summed E-state index contributed by atoms with van der Waals surface area (Å²) in [6, 6.07) is 4.19. The van der Waals surface area contributed by atoms with Crippen LogP contribution in [-0.4, -0.2) is 43.5 Å². The molecule has 1 heterocycles. The highest BCUT2D eigenvalue weighted by atomic mass is 16.5. The molecule has 0 spiro atoms. The second kappa shape index (κ2) is 6.51. The number of likely N-dealkylation sites (tertiary alicyclic amines) is 1. The molecule has 0 N–H and O–H groups in total. The van der Waals surface area contributed by atoms with Crippen molar-refractivity contribution in [2.45, 2.75) is 39.7 Å². The maximum atomic E-state index is 12.5. The van der Waals surface area contributed by atoms with E-state index in [2.05, 4.69) is 24.0 Å². The van der Waals surface area contributed by atoms with Crippen LogP contribution in [0.15, 0.2) is 12.1 Å². The number of carbonyl (C=O) groups is 1. The maximum absolute atomic E-state index is 12.5. The van der Waals surface area contributed by atoms with Gasteiger partial charge in [0, 0.05) is 25.8 Å². The van der Waals surface area contributed by atoms with Crippen LogP contribution in [0.25, 0.3) is 0 Å². The van der Waals surface area contributed by atoms with Crippen LogP contribution in [0, 0.1) is 20.8 Å². The van der Waals surface area contributed by atoms with Gasteiger partial charge in [-0.3, -0.25) is 9.69 Å². The molecule has 1 aromatic carbocycles. The molecule has 1 aliphatic heterocycles. The second-order valence-electron chi connectivity index (χ2n) is 5.91. The normalized spacial score (nSPS) is 17.4. The monoisotopic (exact) mass is 275 g/mol. The van der Waals surface area contributed by atoms with Crippen LogP contribution < -0.4 is 0 Å². The molecular formula is C17H25NO2. The molecule has 3 heteroatoms. The highest BCUT2D eigenvalue weighted by Gasteiger charge is 2.22. The number of carbonyl (C=O) groups excluding carboxylic acids is 1. The van der Waals surface area contributed by atoms with Crippen LogP contribution in [-0.2, 0) is 4.74 Å². The molecular weight excluding hydrogens is 250 g/mol. The first-order valence-electron chi connectivity index (χ1n) is 7.37. The van der Waals surface area contributed by atoms with Crippen LogP contribution in [0.1, 0.15) is 39.9 Å². The molecule has 0 bridgehead atoms. The Balaban J connectivity index is 2.03. The molecule has 3 nitrogen and oxygen atoms in total. The lowest BCUT2D eigenvalue weighted by Gasteiger charge is -2.30. The molecule has 0 unspecified atom stereocenters. The summed E-state index contributed by atoms with van der Waals surface area (Å²) in [4.78, 5) is 14.8. The summed E-state index contributed by atoms with van der Waals surface area (Å²) in [6.07, 6.45) is 2.41. The van der Waals surface area contributed by atoms with Crippen molar-refractivity contribution in [2.24, 2.45) is 0 Å². The van der Waals surface area contributed by atoms with E-state index in [0.29, 0.717) is 12.6 Å². The first kappa shape index (κ1) is 15.2. The summed E-state index contributed by atoms with van der Waals surface area (Å²) in [6.45, 7) is 8.57. The summed E-state index contributed by atoms with van der Waals surface area (Å²) in [5, 5.41) is 0. The van der Waals surface area contributed by atoms with Crippen molar-refractivity contribution < 1.29 is 9.53 Å². The third-order valence-electron chi connectivity index (χ3n) is 4.19. The highest BCUT2D eigenvalue weighted by molar-refractivity contribution is 6.00. The molecule has 20 heavy (non-hydrogen) atoms. The third kappa shape index (κ3) is 3.47. The number of hydrogen-bond acceptors (Lipinski definition) is 3. The van der Waals surface area contributed by atoms with E-state index in [1.165, 1.54) is 5.56 Å². The molecule has 1 aromatic rings. The lowest BCUT2D eigenvalue weighted by Crippen LogP contribution is -2.39. The predicted octanol–water partition coefficient (Wildman–Crippen LogP) is 2.91. The number of methoxy groups -OCH3 is 1. The Hall–Kier alpha value is -1.19. The zero-order valence-electron chi connectivity index (χ0n) is 13.0. The Labute approximate surface area is 121 Å². The molecule has 1 saturated heterocycles. The molecule has 1 fully saturated rings. The van der Waals surface area contributed by atoms with E-state index in [0.717, 1.165) is 42.6 Å². The first-order chi connectivity index (χ1) is 9.51. The number of ether oxygens (including phenoxy) is 1. The van der Waals surface area contributed by atoms with Crippen molar-refractivity contribution in [1.82, 2.24) is 4.90 Å². The zero-order chi connectivity index (χ0) is 14.7. The van der Waals surface area contributed by atoms with Gasteiger partial charge < -0.3 is 4.74 Å². The molecule has 0 aliphatic carbocycles. The fourth-order valence-corrected chi connectivity index (χ4v) is 3.21. The van der Waals surface area contributed by atoms with E-state index in [4.69, 9.17) is 4.74 Å². The van der Waals surface area contributed by atoms with E-state index in [1.807, 2.05) is 13.8 Å². The largest absolute Gasteiger partial charge is 0.381 e. The number of benzene rings is 1. The molecule has 0 saturated carbocycles. The molecule has 0 radical (unpaired) electrons. The van der Waals surface area contributed by atoms with Crippen molar-refractivity contribution in [2.75, 3.05) is 26.7 Å². The standard InChI is InChI=1S/C17H25NO2/c1-12-9-13(2)17(14(3)10-12)16(19)11-18-7-5-15(20-4)6-8-18/h9-10,15H,5-8,11H2,1-4H3. The smallest absolute Gasteiger partial charge is 0.177 e. The molecule has 2 rings (SSSR count). The van der Waals surface area contributed by atoms with Gasteiger partial charge in [0.05, 0.1) is 12.6 Å². The van der Waals surface area contributed by atoms with Gasteiger partial charge in [0.15, 0.2) is 5.78 Å². The quantitative estimate of drug-likeness (QED) is 0.791. The van der Waals surface area contributed by atoms with Gasteiger partial charge in [0.1, 0.15) is 0 Å². The van der Waals surface area contributed by atoms with E-state index < -0.39 is 0 Å². The number of piperidine rings is 1. The van der Waals surface area contributed by atoms with Crippen molar-refractivity contribution in [3.05, 3.63) is 34.4 Å². The summed E-state index contributed by atoms with van der Waals surface area (Å²) in [7, 11) is 1.77. The molecule has 0 amide bonds. The Morgan fingerprint density at radius 1 is 1.20 bits per heavy atom. The minimum Gasteiger partial charge on any atom is -0.381 e. The minimum absolute atomic E-state index is 0.246. The Kier molecular flexibility index (Phi) is 4.95. The van der Waals surface area contributed by atoms with Crippen LogP contribution in [0.4, 0.5) is 0 Å². The second-order valence-corrected chi connectivity index (χ2v) is 5.91. The summed E-state index contributed by atoms with van der Waals surface area (Å²) >= 11 is 0. The van der Waals surface area contributed by atoms with Gasteiger partial charge in [-0.25, -0.2) is 0 Å². The van der Waals surface area contributed by atoms with Gasteiger partial charge in [-0.2, -0.15) is 0 Å². The Bertz CT molecular complexity index is 465. The van der Waals surface area contributed by atoms with Crippen molar-refractivity contribution in [3.8, 4) is 0 Å². The number of ketones is 1. The SMILES string of the molecule is COC1CCN(CC(=O)c2c(C)cc(C)cc2C)CC1. The van der Waals surface area contributed by atoms with Crippen molar-refractivity contribution in [3.63, 3.8) is 0 Å². The van der Waals surface area contributed by atoms with Gasteiger partial charge in [0.2, 0.25) is 0 Å². The number of hydrogen-bond donors (Lipinski definition) is 0. The molecule has 1 aliphatic rings. The van der Waals surface area contributed by atoms with Crippen LogP contribution >= 0.6 is 0 Å². The van der Waals surface area contributed by atoms with Crippen molar-refractivity contribution >= 4 is 5.78 Å². The molecule has 0 atom stereocenters. The highest BCUT2D eigenvalue weighted by Crippen LogP contribution is 2.19. The summed E-state index contributed by atoms with van der Waals surface area (Å²) in [5.74, 6) is 0.246. The molecule has 0 aromatic heterocycles. The summed E-state index contributed by atoms with van der Waals surface area (Å²) < 4.78 is 5.37. The lowest BCUT2D eigenvalue weighted by atomic mass is 9.96. The Morgan fingerprint density at radius 2 is 1.75 bits per heavy atom. The van der Waals surface area contributed by atoms with Gasteiger partial charge >= 0.3 is 0 Å². The number of rotatable bonds is 4. The van der Waals surface area contributed by atoms with E-state index in [-0.39, 0.29) is 5.78 Å². The molecule has 110 valence electrons. The predicted molar refractivity (Wildman–Crippen MR) is 81.5 cm³/mol. The fourth-order valence-electron chi connectivity index (χ4n) is 3.21. The Morgan fingerprint density at radius 3 is 2.25 bits per heavy atom. The van der Waals surface area contributed by atoms with Crippen molar-refractivity contribution in [1.29, 1.82) is 0 Å². The minimum atomic E-state index is 0.246. The zero-order valence-corrected chi connectivity index (χ0v) is 13.0. The number of Topliss-reactive ketones (excluding diaryl/α,β-unsaturated/α-hetero) is 1. The van der Waals surface area contributed by atoms with Gasteiger partial charge in [-0.05, 0) is 44.7 Å². The van der Waals surface area contributed by atoms with E-state index in [9.17, 15) is 4.79 Å². The van der Waals surface area contributed by atoms with Crippen LogP contribution in [0.3, 0.4) is 0 Å². The fraction of sp³-hybridized carbons (Fsp3) is 0.588. The number of aryl methyl sites for hydroxylation is 3. The average Bonchev–Trinajstić information content (AvgIpc) is 2.38. The maximum Gasteiger partial charge on any atom is 0.177 e. The topological polar surface area (TPSA) is 29.5 Å². The first-order valence-corrected chi connectivity index (χ1v) is 7.37. The summed E-state index contributed by atoms with van der Waals surface area (Å²) in [5.41, 5.74) is 4.32. The number of nitrogens with zero attached hydrogens (tertiary/aromatic N) is 1. The average molecular weight is 275 g/mol. The lowest BCUT2D eigenvalue weighted by molar-refractivity contribution is 0.0401. The van der Waals surface area contributed by atoms with Gasteiger partial charge in [-0.1, -0.05) is 17.7 Å².